The van der Waals surface area contributed by atoms with Crippen molar-refractivity contribution in [1.29, 1.82) is 0 Å². The molecule has 2 amide bonds. The van der Waals surface area contributed by atoms with Crippen LogP contribution in [0, 0.1) is 0 Å². The molecule has 0 fully saturated rings. The van der Waals surface area contributed by atoms with Crippen molar-refractivity contribution in [2.75, 3.05) is 30.8 Å². The Morgan fingerprint density at radius 3 is 2.15 bits per heavy atom. The fourth-order valence-electron chi connectivity index (χ4n) is 1.74. The van der Waals surface area contributed by atoms with Crippen LogP contribution in [0.5, 0.6) is 0 Å². The van der Waals surface area contributed by atoms with E-state index in [4.69, 9.17) is 11.5 Å². The van der Waals surface area contributed by atoms with Gasteiger partial charge in [0.2, 0.25) is 11.8 Å². The third-order valence-electron chi connectivity index (χ3n) is 3.08. The van der Waals surface area contributed by atoms with E-state index in [0.29, 0.717) is 5.69 Å². The van der Waals surface area contributed by atoms with Crippen LogP contribution in [0.2, 0.25) is 0 Å². The van der Waals surface area contributed by atoms with Crippen molar-refractivity contribution in [2.24, 2.45) is 5.73 Å². The van der Waals surface area contributed by atoms with Crippen molar-refractivity contribution in [1.82, 2.24) is 4.90 Å². The lowest BCUT2D eigenvalue weighted by Gasteiger charge is -2.27. The molecule has 0 saturated heterocycles. The Labute approximate surface area is 119 Å². The average molecular weight is 278 g/mol. The minimum Gasteiger partial charge on any atom is -0.399 e. The zero-order valence-electron chi connectivity index (χ0n) is 12.2. The van der Waals surface area contributed by atoms with Crippen LogP contribution in [0.4, 0.5) is 11.4 Å². The summed E-state index contributed by atoms with van der Waals surface area (Å²) in [5, 5.41) is 0. The zero-order valence-corrected chi connectivity index (χ0v) is 12.2. The molecule has 0 aliphatic rings. The summed E-state index contributed by atoms with van der Waals surface area (Å²) in [7, 11) is 1.69. The number of hydrogen-bond donors (Lipinski definition) is 2. The van der Waals surface area contributed by atoms with Crippen LogP contribution in [0.3, 0.4) is 0 Å². The highest BCUT2D eigenvalue weighted by molar-refractivity contribution is 5.94. The molecule has 1 aromatic rings. The molecule has 1 rings (SSSR count). The van der Waals surface area contributed by atoms with Crippen LogP contribution in [-0.4, -0.2) is 42.9 Å². The van der Waals surface area contributed by atoms with Crippen molar-refractivity contribution in [3.8, 4) is 0 Å². The molecule has 0 aromatic heterocycles. The Balaban J connectivity index is 2.73. The molecule has 6 heteroatoms. The lowest BCUT2D eigenvalue weighted by Crippen LogP contribution is -2.45. The van der Waals surface area contributed by atoms with Crippen LogP contribution in [0.25, 0.3) is 0 Å². The number of nitrogen functional groups attached to an aromatic ring is 1. The maximum atomic E-state index is 12.2. The number of nitrogens with two attached hydrogens (primary N) is 2. The fourth-order valence-corrected chi connectivity index (χ4v) is 1.74. The number of benzene rings is 1. The smallest absolute Gasteiger partial charge is 0.240 e. The molecule has 0 atom stereocenters. The Morgan fingerprint density at radius 1 is 1.15 bits per heavy atom. The summed E-state index contributed by atoms with van der Waals surface area (Å²) in [6, 6.07) is 7.10. The fraction of sp³-hybridized carbons (Fsp3) is 0.429. The minimum absolute atomic E-state index is 0.0614. The van der Waals surface area contributed by atoms with Gasteiger partial charge in [0.25, 0.3) is 0 Å². The molecule has 0 heterocycles. The van der Waals surface area contributed by atoms with Crippen molar-refractivity contribution >= 4 is 23.2 Å². The van der Waals surface area contributed by atoms with Crippen LogP contribution in [0.1, 0.15) is 13.8 Å². The first-order valence-electron chi connectivity index (χ1n) is 6.45. The zero-order chi connectivity index (χ0) is 15.3. The third kappa shape index (κ3) is 4.55. The Bertz CT molecular complexity index is 471. The molecule has 0 unspecified atom stereocenters. The maximum Gasteiger partial charge on any atom is 0.240 e. The number of anilines is 2. The Morgan fingerprint density at radius 2 is 1.70 bits per heavy atom. The first-order chi connectivity index (χ1) is 9.31. The lowest BCUT2D eigenvalue weighted by molar-refractivity contribution is -0.122. The molecule has 0 saturated carbocycles. The van der Waals surface area contributed by atoms with Gasteiger partial charge in [0, 0.05) is 24.5 Å². The molecule has 1 aromatic carbocycles. The van der Waals surface area contributed by atoms with Crippen molar-refractivity contribution in [3.05, 3.63) is 24.3 Å². The van der Waals surface area contributed by atoms with E-state index in [0.717, 1.165) is 5.69 Å². The van der Waals surface area contributed by atoms with Crippen LogP contribution in [-0.2, 0) is 9.59 Å². The number of carbonyl (C=O) groups is 2. The SMILES string of the molecule is CC(C)N(CC(N)=O)CC(=O)N(C)c1ccc(N)cc1. The Hall–Kier alpha value is -2.08. The summed E-state index contributed by atoms with van der Waals surface area (Å²) in [6.45, 7) is 4.04. The molecule has 4 N–H and O–H groups in total. The van der Waals surface area contributed by atoms with Gasteiger partial charge in [-0.3, -0.25) is 14.5 Å². The summed E-state index contributed by atoms with van der Waals surface area (Å²) >= 11 is 0. The first-order valence-corrected chi connectivity index (χ1v) is 6.45. The molecule has 110 valence electrons. The average Bonchev–Trinajstić information content (AvgIpc) is 2.37. The van der Waals surface area contributed by atoms with Gasteiger partial charge in [-0.1, -0.05) is 0 Å². The highest BCUT2D eigenvalue weighted by Gasteiger charge is 2.19. The third-order valence-corrected chi connectivity index (χ3v) is 3.08. The molecule has 6 nitrogen and oxygen atoms in total. The number of likely N-dealkylation sites (N-methyl/N-ethyl adjacent to an activating group) is 1. The topological polar surface area (TPSA) is 92.7 Å². The van der Waals surface area contributed by atoms with Gasteiger partial charge in [0.05, 0.1) is 13.1 Å². The summed E-state index contributed by atoms with van der Waals surface area (Å²) in [5.41, 5.74) is 12.2. The first kappa shape index (κ1) is 16.0. The molecule has 20 heavy (non-hydrogen) atoms. The number of amides is 2. The van der Waals surface area contributed by atoms with E-state index in [9.17, 15) is 9.59 Å². The minimum atomic E-state index is -0.443. The second-order valence-electron chi connectivity index (χ2n) is 5.01. The van der Waals surface area contributed by atoms with E-state index in [1.807, 2.05) is 13.8 Å². The van der Waals surface area contributed by atoms with Crippen LogP contribution < -0.4 is 16.4 Å². The lowest BCUT2D eigenvalue weighted by atomic mass is 10.2. The molecule has 0 aliphatic heterocycles. The second-order valence-corrected chi connectivity index (χ2v) is 5.01. The summed E-state index contributed by atoms with van der Waals surface area (Å²) in [6.07, 6.45) is 0. The molecular formula is C14H22N4O2. The van der Waals surface area contributed by atoms with E-state index < -0.39 is 5.91 Å². The predicted octanol–water partition coefficient (Wildman–Crippen LogP) is 0.427. The number of nitrogens with zero attached hydrogens (tertiary/aromatic N) is 2. The monoisotopic (exact) mass is 278 g/mol. The van der Waals surface area contributed by atoms with Crippen LogP contribution in [0.15, 0.2) is 24.3 Å². The molecule has 0 bridgehead atoms. The second kappa shape index (κ2) is 6.91. The van der Waals surface area contributed by atoms with E-state index in [1.54, 1.807) is 36.2 Å². The van der Waals surface area contributed by atoms with E-state index >= 15 is 0 Å². The van der Waals surface area contributed by atoms with Crippen molar-refractivity contribution in [2.45, 2.75) is 19.9 Å². The van der Waals surface area contributed by atoms with Crippen molar-refractivity contribution < 1.29 is 9.59 Å². The number of hydrogen-bond acceptors (Lipinski definition) is 4. The molecule has 0 radical (unpaired) electrons. The quantitative estimate of drug-likeness (QED) is 0.738. The largest absolute Gasteiger partial charge is 0.399 e. The maximum absolute atomic E-state index is 12.2. The molecule has 0 spiro atoms. The van der Waals surface area contributed by atoms with Gasteiger partial charge in [0.15, 0.2) is 0 Å². The standard InChI is InChI=1S/C14H22N4O2/c1-10(2)18(8-13(16)19)9-14(20)17(3)12-6-4-11(15)5-7-12/h4-7,10H,8-9,15H2,1-3H3,(H2,16,19). The highest BCUT2D eigenvalue weighted by Crippen LogP contribution is 2.15. The molecule has 0 aliphatic carbocycles. The van der Waals surface area contributed by atoms with Gasteiger partial charge < -0.3 is 16.4 Å². The normalized spacial score (nSPS) is 10.8. The number of primary amides is 1. The summed E-state index contributed by atoms with van der Waals surface area (Å²) < 4.78 is 0. The van der Waals surface area contributed by atoms with Gasteiger partial charge in [-0.2, -0.15) is 0 Å². The van der Waals surface area contributed by atoms with Gasteiger partial charge in [-0.15, -0.1) is 0 Å². The van der Waals surface area contributed by atoms with Crippen LogP contribution >= 0.6 is 0 Å². The summed E-state index contributed by atoms with van der Waals surface area (Å²) in [5.74, 6) is -0.550. The van der Waals surface area contributed by atoms with E-state index in [1.165, 1.54) is 4.90 Å². The predicted molar refractivity (Wildman–Crippen MR) is 80.2 cm³/mol. The summed E-state index contributed by atoms with van der Waals surface area (Å²) in [4.78, 5) is 26.5. The van der Waals surface area contributed by atoms with E-state index in [2.05, 4.69) is 0 Å². The van der Waals surface area contributed by atoms with Gasteiger partial charge >= 0.3 is 0 Å². The van der Waals surface area contributed by atoms with Gasteiger partial charge in [-0.25, -0.2) is 0 Å². The highest BCUT2D eigenvalue weighted by atomic mass is 16.2. The Kier molecular flexibility index (Phi) is 5.52. The van der Waals surface area contributed by atoms with E-state index in [-0.39, 0.29) is 25.0 Å². The number of carbonyl (C=O) groups excluding carboxylic acids is 2. The molecular weight excluding hydrogens is 256 g/mol. The number of rotatable bonds is 6. The van der Waals surface area contributed by atoms with Gasteiger partial charge in [-0.05, 0) is 38.1 Å². The van der Waals surface area contributed by atoms with Gasteiger partial charge in [0.1, 0.15) is 0 Å². The van der Waals surface area contributed by atoms with Crippen molar-refractivity contribution in [3.63, 3.8) is 0 Å².